The normalized spacial score (nSPS) is 15.6. The van der Waals surface area contributed by atoms with Crippen molar-refractivity contribution in [1.82, 2.24) is 4.90 Å². The second-order valence-corrected chi connectivity index (χ2v) is 5.96. The molecule has 0 radical (unpaired) electrons. The Morgan fingerprint density at radius 2 is 1.71 bits per heavy atom. The van der Waals surface area contributed by atoms with Crippen LogP contribution >= 0.6 is 0 Å². The molecule has 0 aliphatic carbocycles. The van der Waals surface area contributed by atoms with E-state index in [1.54, 1.807) is 6.07 Å². The molecule has 1 fully saturated rings. The number of nitro benzene ring substituents is 2. The molecule has 1 aliphatic rings. The number of nitrogens with zero attached hydrogens (tertiary/aromatic N) is 3. The van der Waals surface area contributed by atoms with Crippen molar-refractivity contribution in [2.24, 2.45) is 0 Å². The van der Waals surface area contributed by atoms with Crippen LogP contribution in [0.4, 0.5) is 15.8 Å². The molecule has 10 heteroatoms. The number of hydrogen-bond acceptors (Lipinski definition) is 6. The molecule has 3 rings (SSSR count). The summed E-state index contributed by atoms with van der Waals surface area (Å²) in [6.45, 7) is 0.429. The Balaban J connectivity index is 0.00000280. The van der Waals surface area contributed by atoms with Crippen molar-refractivity contribution >= 4 is 17.3 Å². The van der Waals surface area contributed by atoms with E-state index in [1.807, 2.05) is 0 Å². The first-order chi connectivity index (χ1) is 12.8. The lowest BCUT2D eigenvalue weighted by molar-refractivity contribution is -0.394. The number of nitro groups is 2. The zero-order valence-electron chi connectivity index (χ0n) is 13.9. The van der Waals surface area contributed by atoms with Gasteiger partial charge in [0.25, 0.3) is 17.3 Å². The average molecular weight is 391 g/mol. The fourth-order valence-electron chi connectivity index (χ4n) is 2.84. The lowest BCUT2D eigenvalue weighted by Crippen LogP contribution is -2.31. The fraction of sp³-hybridized carbons (Fsp3) is 0.278. The highest BCUT2D eigenvalue weighted by molar-refractivity contribution is 5.95. The van der Waals surface area contributed by atoms with Gasteiger partial charge < -0.3 is 9.64 Å². The minimum absolute atomic E-state index is 0. The second-order valence-electron chi connectivity index (χ2n) is 5.96. The fourth-order valence-corrected chi connectivity index (χ4v) is 2.84. The molecule has 1 saturated heterocycles. The van der Waals surface area contributed by atoms with Gasteiger partial charge in [-0.2, -0.15) is 0 Å². The van der Waals surface area contributed by atoms with Gasteiger partial charge in [0.2, 0.25) is 0 Å². The Morgan fingerprint density at radius 1 is 1.11 bits per heavy atom. The Morgan fingerprint density at radius 3 is 2.29 bits per heavy atom. The standard InChI is InChI=1S/C17H14FN3O6.CH4/c18-15-3-1-2-4-16(15)27-14-5-6-19(10-14)17(22)11-7-12(20(23)24)9-13(8-11)21(25)26;/h1-4,7-9,14H,5-6,10H2;1H4/t14-;/m0./s1. The van der Waals surface area contributed by atoms with Crippen molar-refractivity contribution in [1.29, 1.82) is 0 Å². The average Bonchev–Trinajstić information content (AvgIpc) is 3.11. The maximum Gasteiger partial charge on any atom is 0.277 e. The highest BCUT2D eigenvalue weighted by Crippen LogP contribution is 2.26. The Kier molecular flexibility index (Phi) is 6.24. The van der Waals surface area contributed by atoms with E-state index in [0.29, 0.717) is 6.42 Å². The van der Waals surface area contributed by atoms with Gasteiger partial charge in [-0.1, -0.05) is 19.6 Å². The summed E-state index contributed by atoms with van der Waals surface area (Å²) in [4.78, 5) is 34.3. The third kappa shape index (κ3) is 4.40. The van der Waals surface area contributed by atoms with E-state index in [0.717, 1.165) is 18.2 Å². The number of carbonyl (C=O) groups is 1. The quantitative estimate of drug-likeness (QED) is 0.568. The molecule has 1 aliphatic heterocycles. The number of hydrogen-bond donors (Lipinski definition) is 0. The van der Waals surface area contributed by atoms with E-state index in [-0.39, 0.29) is 31.8 Å². The second kappa shape index (κ2) is 8.42. The van der Waals surface area contributed by atoms with Crippen molar-refractivity contribution in [3.8, 4) is 5.75 Å². The van der Waals surface area contributed by atoms with Crippen LogP contribution in [0.3, 0.4) is 0 Å². The number of amides is 1. The molecule has 1 amide bonds. The summed E-state index contributed by atoms with van der Waals surface area (Å²) < 4.78 is 19.2. The van der Waals surface area contributed by atoms with Crippen LogP contribution in [0.1, 0.15) is 24.2 Å². The maximum atomic E-state index is 13.7. The molecule has 1 heterocycles. The number of rotatable bonds is 5. The number of halogens is 1. The van der Waals surface area contributed by atoms with Gasteiger partial charge in [0, 0.05) is 25.1 Å². The van der Waals surface area contributed by atoms with Crippen LogP contribution < -0.4 is 4.74 Å². The van der Waals surface area contributed by atoms with Crippen LogP contribution in [-0.2, 0) is 0 Å². The van der Waals surface area contributed by atoms with E-state index in [2.05, 4.69) is 0 Å². The number of non-ortho nitro benzene ring substituents is 2. The summed E-state index contributed by atoms with van der Waals surface area (Å²) in [6.07, 6.45) is -0.00331. The maximum absolute atomic E-state index is 13.7. The number of carbonyl (C=O) groups excluding carboxylic acids is 1. The first kappa shape index (κ1) is 20.7. The van der Waals surface area contributed by atoms with Crippen molar-refractivity contribution in [2.45, 2.75) is 20.0 Å². The molecule has 148 valence electrons. The number of likely N-dealkylation sites (tertiary alicyclic amines) is 1. The van der Waals surface area contributed by atoms with E-state index >= 15 is 0 Å². The van der Waals surface area contributed by atoms with Crippen molar-refractivity contribution in [3.63, 3.8) is 0 Å². The molecule has 2 aromatic rings. The van der Waals surface area contributed by atoms with Crippen molar-refractivity contribution in [2.75, 3.05) is 13.1 Å². The number of benzene rings is 2. The highest BCUT2D eigenvalue weighted by Gasteiger charge is 2.30. The lowest BCUT2D eigenvalue weighted by atomic mass is 10.1. The van der Waals surface area contributed by atoms with E-state index in [9.17, 15) is 29.4 Å². The topological polar surface area (TPSA) is 116 Å². The molecular formula is C18H18FN3O6. The van der Waals surface area contributed by atoms with Crippen LogP contribution in [-0.4, -0.2) is 39.8 Å². The summed E-state index contributed by atoms with van der Waals surface area (Å²) in [7, 11) is 0. The molecule has 0 aromatic heterocycles. The molecule has 0 spiro atoms. The van der Waals surface area contributed by atoms with Crippen LogP contribution in [0, 0.1) is 26.0 Å². The molecule has 9 nitrogen and oxygen atoms in total. The molecule has 2 aromatic carbocycles. The lowest BCUT2D eigenvalue weighted by Gasteiger charge is -2.17. The van der Waals surface area contributed by atoms with Gasteiger partial charge in [-0.25, -0.2) is 4.39 Å². The SMILES string of the molecule is C.O=C(c1cc([N+](=O)[O-])cc([N+](=O)[O-])c1)N1CC[C@H](Oc2ccccc2F)C1. The van der Waals surface area contributed by atoms with Gasteiger partial charge in [-0.15, -0.1) is 0 Å². The summed E-state index contributed by atoms with van der Waals surface area (Å²) in [5.41, 5.74) is -1.22. The molecule has 1 atom stereocenters. The van der Waals surface area contributed by atoms with E-state index in [4.69, 9.17) is 4.74 Å². The van der Waals surface area contributed by atoms with Gasteiger partial charge in [0.1, 0.15) is 6.10 Å². The van der Waals surface area contributed by atoms with Crippen LogP contribution in [0.15, 0.2) is 42.5 Å². The van der Waals surface area contributed by atoms with E-state index in [1.165, 1.54) is 23.1 Å². The van der Waals surface area contributed by atoms with Gasteiger partial charge in [0.05, 0.1) is 28.0 Å². The predicted octanol–water partition coefficient (Wildman–Crippen LogP) is 3.57. The van der Waals surface area contributed by atoms with Gasteiger partial charge in [0.15, 0.2) is 11.6 Å². The zero-order valence-corrected chi connectivity index (χ0v) is 13.9. The first-order valence-corrected chi connectivity index (χ1v) is 7.99. The third-order valence-electron chi connectivity index (χ3n) is 4.13. The zero-order chi connectivity index (χ0) is 19.6. The Labute approximate surface area is 159 Å². The molecule has 28 heavy (non-hydrogen) atoms. The summed E-state index contributed by atoms with van der Waals surface area (Å²) in [6, 6.07) is 8.69. The monoisotopic (exact) mass is 391 g/mol. The van der Waals surface area contributed by atoms with Crippen molar-refractivity contribution in [3.05, 3.63) is 74.1 Å². The predicted molar refractivity (Wildman–Crippen MR) is 97.8 cm³/mol. The van der Waals surface area contributed by atoms with Crippen LogP contribution in [0.25, 0.3) is 0 Å². The molecular weight excluding hydrogens is 373 g/mol. The van der Waals surface area contributed by atoms with Crippen LogP contribution in [0.5, 0.6) is 5.75 Å². The first-order valence-electron chi connectivity index (χ1n) is 7.99. The minimum atomic E-state index is -0.794. The molecule has 0 saturated carbocycles. The minimum Gasteiger partial charge on any atom is -0.485 e. The smallest absolute Gasteiger partial charge is 0.277 e. The van der Waals surface area contributed by atoms with Crippen LogP contribution in [0.2, 0.25) is 0 Å². The van der Waals surface area contributed by atoms with Crippen molar-refractivity contribution < 1.29 is 23.8 Å². The highest BCUT2D eigenvalue weighted by atomic mass is 19.1. The number of ether oxygens (including phenoxy) is 1. The summed E-state index contributed by atoms with van der Waals surface area (Å²) in [5.74, 6) is -1.03. The number of para-hydroxylation sites is 1. The van der Waals surface area contributed by atoms with Gasteiger partial charge >= 0.3 is 0 Å². The molecule has 0 N–H and O–H groups in total. The Hall–Kier alpha value is -3.56. The summed E-state index contributed by atoms with van der Waals surface area (Å²) in [5, 5.41) is 21.9. The Bertz CT molecular complexity index is 888. The molecule has 0 bridgehead atoms. The van der Waals surface area contributed by atoms with E-state index < -0.39 is 39.0 Å². The van der Waals surface area contributed by atoms with Gasteiger partial charge in [-0.05, 0) is 12.1 Å². The largest absolute Gasteiger partial charge is 0.485 e. The van der Waals surface area contributed by atoms with Gasteiger partial charge in [-0.3, -0.25) is 25.0 Å². The summed E-state index contributed by atoms with van der Waals surface area (Å²) >= 11 is 0. The molecule has 0 unspecified atom stereocenters. The third-order valence-corrected chi connectivity index (χ3v) is 4.13.